The van der Waals surface area contributed by atoms with Gasteiger partial charge >= 0.3 is 5.97 Å². The highest BCUT2D eigenvalue weighted by Crippen LogP contribution is 2.20. The summed E-state index contributed by atoms with van der Waals surface area (Å²) in [5.41, 5.74) is 2.71. The van der Waals surface area contributed by atoms with Gasteiger partial charge in [-0.25, -0.2) is 4.79 Å². The topological polar surface area (TPSA) is 84.5 Å². The first-order valence-electron chi connectivity index (χ1n) is 8.05. The molecule has 2 N–H and O–H groups in total. The average Bonchev–Trinajstić information content (AvgIpc) is 2.64. The normalized spacial score (nSPS) is 10.9. The van der Waals surface area contributed by atoms with Crippen molar-refractivity contribution in [2.75, 3.05) is 17.7 Å². The summed E-state index contributed by atoms with van der Waals surface area (Å²) >= 11 is 3.37. The van der Waals surface area contributed by atoms with Crippen LogP contribution in [0.4, 0.5) is 11.4 Å². The molecule has 2 amide bonds. The number of methoxy groups -OCH3 is 1. The number of rotatable bonds is 5. The summed E-state index contributed by atoms with van der Waals surface area (Å²) in [6, 6.07) is 11.8. The summed E-state index contributed by atoms with van der Waals surface area (Å²) in [4.78, 5) is 35.8. The van der Waals surface area contributed by atoms with Gasteiger partial charge in [-0.15, -0.1) is 0 Å². The number of nitrogens with one attached hydrogen (secondary N) is 2. The molecule has 0 bridgehead atoms. The molecule has 0 atom stereocenters. The summed E-state index contributed by atoms with van der Waals surface area (Å²) in [5.74, 6) is -1.26. The maximum absolute atomic E-state index is 12.2. The van der Waals surface area contributed by atoms with Gasteiger partial charge in [0.2, 0.25) is 5.91 Å². The number of halogens is 1. The second-order valence-corrected chi connectivity index (χ2v) is 6.71. The van der Waals surface area contributed by atoms with E-state index >= 15 is 0 Å². The summed E-state index contributed by atoms with van der Waals surface area (Å²) < 4.78 is 5.54. The molecule has 0 saturated carbocycles. The fraction of sp³-hybridized carbons (Fsp3) is 0.150. The number of carbonyl (C=O) groups is 3. The van der Waals surface area contributed by atoms with Crippen LogP contribution in [0.2, 0.25) is 0 Å². The van der Waals surface area contributed by atoms with Crippen LogP contribution < -0.4 is 10.6 Å². The van der Waals surface area contributed by atoms with E-state index in [2.05, 4.69) is 31.3 Å². The Morgan fingerprint density at radius 2 is 1.70 bits per heavy atom. The van der Waals surface area contributed by atoms with E-state index in [1.807, 2.05) is 19.1 Å². The summed E-state index contributed by atoms with van der Waals surface area (Å²) in [6.07, 6.45) is 1.24. The highest BCUT2D eigenvalue weighted by molar-refractivity contribution is 9.10. The van der Waals surface area contributed by atoms with Crippen LogP contribution in [0.25, 0.3) is 0 Å². The predicted molar refractivity (Wildman–Crippen MR) is 108 cm³/mol. The molecule has 0 aliphatic rings. The molecule has 6 nitrogen and oxygen atoms in total. The van der Waals surface area contributed by atoms with Crippen LogP contribution in [0.5, 0.6) is 0 Å². The molecular formula is C20H19BrN2O4. The first-order valence-corrected chi connectivity index (χ1v) is 8.84. The van der Waals surface area contributed by atoms with Gasteiger partial charge in [0.1, 0.15) is 0 Å². The van der Waals surface area contributed by atoms with Crippen molar-refractivity contribution in [2.24, 2.45) is 0 Å². The molecule has 0 heterocycles. The highest BCUT2D eigenvalue weighted by atomic mass is 79.9. The monoisotopic (exact) mass is 430 g/mol. The van der Waals surface area contributed by atoms with Crippen LogP contribution in [0.1, 0.15) is 22.8 Å². The molecule has 0 unspecified atom stereocenters. The Bertz CT molecular complexity index is 905. The second-order valence-electron chi connectivity index (χ2n) is 5.80. The first kappa shape index (κ1) is 20.4. The lowest BCUT2D eigenvalue weighted by Gasteiger charge is -2.08. The third kappa shape index (κ3) is 5.79. The number of esters is 1. The number of anilines is 2. The van der Waals surface area contributed by atoms with E-state index in [-0.39, 0.29) is 5.57 Å². The summed E-state index contributed by atoms with van der Waals surface area (Å²) in [7, 11) is 1.30. The number of carbonyl (C=O) groups excluding carboxylic acids is 3. The van der Waals surface area contributed by atoms with E-state index in [0.717, 1.165) is 10.0 Å². The molecule has 0 saturated heterocycles. The molecule has 0 radical (unpaired) electrons. The summed E-state index contributed by atoms with van der Waals surface area (Å²) in [6.45, 7) is 3.42. The lowest BCUT2D eigenvalue weighted by Crippen LogP contribution is -2.16. The second kappa shape index (κ2) is 9.14. The van der Waals surface area contributed by atoms with Gasteiger partial charge in [-0.3, -0.25) is 9.59 Å². The highest BCUT2D eigenvalue weighted by Gasteiger charge is 2.10. The Kier molecular flexibility index (Phi) is 6.90. The van der Waals surface area contributed by atoms with Crippen LogP contribution in [0, 0.1) is 6.92 Å². The fourth-order valence-corrected chi connectivity index (χ4v) is 2.71. The van der Waals surface area contributed by atoms with Gasteiger partial charge in [0, 0.05) is 27.5 Å². The van der Waals surface area contributed by atoms with Gasteiger partial charge in [0.05, 0.1) is 12.7 Å². The number of hydrogen-bond donors (Lipinski definition) is 2. The Balaban J connectivity index is 2.00. The number of hydrogen-bond acceptors (Lipinski definition) is 4. The largest absolute Gasteiger partial charge is 0.465 e. The van der Waals surface area contributed by atoms with E-state index in [4.69, 9.17) is 0 Å². The Labute approximate surface area is 165 Å². The number of amides is 2. The van der Waals surface area contributed by atoms with Crippen LogP contribution in [0.3, 0.4) is 0 Å². The number of aryl methyl sites for hydroxylation is 1. The van der Waals surface area contributed by atoms with Crippen LogP contribution >= 0.6 is 15.9 Å². The minimum absolute atomic E-state index is 0.249. The van der Waals surface area contributed by atoms with Crippen LogP contribution in [-0.2, 0) is 14.3 Å². The predicted octanol–water partition coefficient (Wildman–Crippen LogP) is 4.07. The zero-order chi connectivity index (χ0) is 20.0. The first-order chi connectivity index (χ1) is 12.8. The van der Waals surface area contributed by atoms with Gasteiger partial charge in [-0.2, -0.15) is 0 Å². The smallest absolute Gasteiger partial charge is 0.337 e. The molecule has 0 fully saturated rings. The van der Waals surface area contributed by atoms with Crippen molar-refractivity contribution in [1.29, 1.82) is 0 Å². The Hall–Kier alpha value is -2.93. The van der Waals surface area contributed by atoms with Gasteiger partial charge in [0.15, 0.2) is 0 Å². The molecule has 2 aromatic rings. The SMILES string of the molecule is COC(=O)c1ccc(NC(=O)/C(C)=C/C(=O)Nc2ccc(Br)cc2C)cc1. The molecule has 27 heavy (non-hydrogen) atoms. The molecule has 7 heteroatoms. The van der Waals surface area contributed by atoms with E-state index in [9.17, 15) is 14.4 Å². The number of benzene rings is 2. The van der Waals surface area contributed by atoms with Crippen LogP contribution in [-0.4, -0.2) is 24.9 Å². The van der Waals surface area contributed by atoms with Crippen molar-refractivity contribution in [3.05, 3.63) is 69.7 Å². The Morgan fingerprint density at radius 1 is 1.04 bits per heavy atom. The van der Waals surface area contributed by atoms with Gasteiger partial charge < -0.3 is 15.4 Å². The third-order valence-electron chi connectivity index (χ3n) is 3.72. The minimum atomic E-state index is -0.455. The minimum Gasteiger partial charge on any atom is -0.465 e. The van der Waals surface area contributed by atoms with E-state index in [1.165, 1.54) is 13.2 Å². The van der Waals surface area contributed by atoms with Gasteiger partial charge in [-0.05, 0) is 61.9 Å². The molecule has 2 aromatic carbocycles. The third-order valence-corrected chi connectivity index (χ3v) is 4.21. The molecule has 140 valence electrons. The van der Waals surface area contributed by atoms with E-state index < -0.39 is 17.8 Å². The van der Waals surface area contributed by atoms with E-state index in [0.29, 0.717) is 16.9 Å². The van der Waals surface area contributed by atoms with Crippen molar-refractivity contribution in [1.82, 2.24) is 0 Å². The lowest BCUT2D eigenvalue weighted by atomic mass is 10.2. The average molecular weight is 431 g/mol. The van der Waals surface area contributed by atoms with Crippen molar-refractivity contribution >= 4 is 45.1 Å². The quantitative estimate of drug-likeness (QED) is 0.552. The van der Waals surface area contributed by atoms with Crippen LogP contribution in [0.15, 0.2) is 58.6 Å². The molecule has 0 spiro atoms. The van der Waals surface area contributed by atoms with Crippen molar-refractivity contribution < 1.29 is 19.1 Å². The fourth-order valence-electron chi connectivity index (χ4n) is 2.24. The van der Waals surface area contributed by atoms with Crippen molar-refractivity contribution in [3.8, 4) is 0 Å². The molecule has 0 aromatic heterocycles. The maximum atomic E-state index is 12.2. The molecule has 0 aliphatic carbocycles. The van der Waals surface area contributed by atoms with Crippen molar-refractivity contribution in [2.45, 2.75) is 13.8 Å². The standard InChI is InChI=1S/C20H19BrN2O4/c1-12-10-15(21)6-9-17(12)23-18(24)11-13(2)19(25)22-16-7-4-14(5-8-16)20(26)27-3/h4-11H,1-3H3,(H,22,25)(H,23,24)/b13-11+. The lowest BCUT2D eigenvalue weighted by molar-refractivity contribution is -0.114. The maximum Gasteiger partial charge on any atom is 0.337 e. The van der Waals surface area contributed by atoms with Crippen molar-refractivity contribution in [3.63, 3.8) is 0 Å². The molecule has 2 rings (SSSR count). The number of ether oxygens (including phenoxy) is 1. The van der Waals surface area contributed by atoms with Gasteiger partial charge in [-0.1, -0.05) is 15.9 Å². The molecule has 0 aliphatic heterocycles. The zero-order valence-electron chi connectivity index (χ0n) is 15.1. The van der Waals surface area contributed by atoms with E-state index in [1.54, 1.807) is 37.3 Å². The van der Waals surface area contributed by atoms with Gasteiger partial charge in [0.25, 0.3) is 5.91 Å². The molecular weight excluding hydrogens is 412 g/mol. The Morgan fingerprint density at radius 3 is 2.30 bits per heavy atom. The zero-order valence-corrected chi connectivity index (χ0v) is 16.7. The summed E-state index contributed by atoms with van der Waals surface area (Å²) in [5, 5.41) is 5.41.